The van der Waals surface area contributed by atoms with Crippen LogP contribution < -0.4 is 5.32 Å². The number of fused-ring (bicyclic) bond motifs is 1. The quantitative estimate of drug-likeness (QED) is 0.382. The molecule has 3 aromatic heterocycles. The summed E-state index contributed by atoms with van der Waals surface area (Å²) in [5.41, 5.74) is 0.450. The van der Waals surface area contributed by atoms with Crippen molar-refractivity contribution in [2.75, 3.05) is 6.61 Å². The smallest absolute Gasteiger partial charge is 0.395 e. The number of hydrogen-bond donors (Lipinski definition) is 3. The molecule has 9 nitrogen and oxygen atoms in total. The maximum absolute atomic E-state index is 12.9. The molecule has 0 saturated heterocycles. The van der Waals surface area contributed by atoms with Crippen LogP contribution in [0.25, 0.3) is 22.6 Å². The third-order valence-corrected chi connectivity index (χ3v) is 4.71. The molecule has 0 aliphatic rings. The first-order valence-electron chi connectivity index (χ1n) is 10.0. The Morgan fingerprint density at radius 1 is 1.26 bits per heavy atom. The number of hydrogen-bond acceptors (Lipinski definition) is 7. The van der Waals surface area contributed by atoms with Gasteiger partial charge in [0.05, 0.1) is 29.2 Å². The summed E-state index contributed by atoms with van der Waals surface area (Å²) in [6.07, 6.45) is -2.98. The topological polar surface area (TPSA) is 130 Å². The van der Waals surface area contributed by atoms with E-state index in [1.165, 1.54) is 24.5 Å². The number of aliphatic hydroxyl groups excluding tert-OH is 1. The molecular weight excluding hydrogens is 453 g/mol. The second kappa shape index (κ2) is 9.32. The SMILES string of the molecule is C[C@H](NC(=O)c1cc(C#CCCO)ncn1)c1cc(-c2nc3ccc(C(F)(F)F)cc3[nH]2)no1. The van der Waals surface area contributed by atoms with Crippen LogP contribution in [-0.4, -0.2) is 42.7 Å². The molecule has 34 heavy (non-hydrogen) atoms. The lowest BCUT2D eigenvalue weighted by molar-refractivity contribution is -0.137. The van der Waals surface area contributed by atoms with E-state index in [-0.39, 0.29) is 35.8 Å². The molecule has 3 heterocycles. The van der Waals surface area contributed by atoms with Gasteiger partial charge in [0.2, 0.25) is 0 Å². The van der Waals surface area contributed by atoms with Crippen LogP contribution in [0, 0.1) is 11.8 Å². The molecule has 1 aromatic carbocycles. The number of carbonyl (C=O) groups is 1. The summed E-state index contributed by atoms with van der Waals surface area (Å²) < 4.78 is 44.1. The van der Waals surface area contributed by atoms with E-state index in [0.717, 1.165) is 12.1 Å². The number of nitrogens with one attached hydrogen (secondary N) is 2. The number of halogens is 3. The summed E-state index contributed by atoms with van der Waals surface area (Å²) in [6.45, 7) is 1.59. The molecule has 0 fully saturated rings. The van der Waals surface area contributed by atoms with Crippen molar-refractivity contribution in [3.05, 3.63) is 59.4 Å². The third-order valence-electron chi connectivity index (χ3n) is 4.71. The van der Waals surface area contributed by atoms with Crippen molar-refractivity contribution in [3.63, 3.8) is 0 Å². The first-order chi connectivity index (χ1) is 16.2. The average Bonchev–Trinajstić information content (AvgIpc) is 3.45. The number of aromatic amines is 1. The molecule has 174 valence electrons. The van der Waals surface area contributed by atoms with Gasteiger partial charge < -0.3 is 19.9 Å². The monoisotopic (exact) mass is 470 g/mol. The van der Waals surface area contributed by atoms with Crippen molar-refractivity contribution < 1.29 is 27.6 Å². The zero-order valence-corrected chi connectivity index (χ0v) is 17.6. The van der Waals surface area contributed by atoms with Gasteiger partial charge in [-0.2, -0.15) is 13.2 Å². The largest absolute Gasteiger partial charge is 0.416 e. The van der Waals surface area contributed by atoms with Gasteiger partial charge in [-0.05, 0) is 31.0 Å². The lowest BCUT2D eigenvalue weighted by atomic mass is 10.2. The lowest BCUT2D eigenvalue weighted by Crippen LogP contribution is -2.27. The molecule has 0 aliphatic carbocycles. The molecule has 1 atom stereocenters. The summed E-state index contributed by atoms with van der Waals surface area (Å²) >= 11 is 0. The molecule has 3 N–H and O–H groups in total. The summed E-state index contributed by atoms with van der Waals surface area (Å²) in [5.74, 6) is 5.47. The van der Waals surface area contributed by atoms with Crippen LogP contribution in [0.3, 0.4) is 0 Å². The number of imidazole rings is 1. The zero-order valence-electron chi connectivity index (χ0n) is 17.6. The Morgan fingerprint density at radius 2 is 2.09 bits per heavy atom. The highest BCUT2D eigenvalue weighted by molar-refractivity contribution is 5.92. The van der Waals surface area contributed by atoms with Gasteiger partial charge >= 0.3 is 6.18 Å². The molecule has 12 heteroatoms. The van der Waals surface area contributed by atoms with E-state index in [4.69, 9.17) is 9.63 Å². The van der Waals surface area contributed by atoms with Crippen LogP contribution >= 0.6 is 0 Å². The maximum Gasteiger partial charge on any atom is 0.416 e. The van der Waals surface area contributed by atoms with E-state index in [1.807, 2.05) is 0 Å². The van der Waals surface area contributed by atoms with Crippen molar-refractivity contribution in [2.24, 2.45) is 0 Å². The fourth-order valence-corrected chi connectivity index (χ4v) is 3.01. The van der Waals surface area contributed by atoms with E-state index in [9.17, 15) is 18.0 Å². The Hall–Kier alpha value is -4.24. The minimum absolute atomic E-state index is 0.0786. The average molecular weight is 470 g/mol. The van der Waals surface area contributed by atoms with Crippen LogP contribution in [0.4, 0.5) is 13.2 Å². The van der Waals surface area contributed by atoms with Crippen molar-refractivity contribution in [3.8, 4) is 23.4 Å². The van der Waals surface area contributed by atoms with Crippen LogP contribution in [0.5, 0.6) is 0 Å². The van der Waals surface area contributed by atoms with Gasteiger partial charge in [0.15, 0.2) is 11.6 Å². The minimum Gasteiger partial charge on any atom is -0.395 e. The van der Waals surface area contributed by atoms with Gasteiger partial charge in [-0.1, -0.05) is 11.1 Å². The second-order valence-corrected chi connectivity index (χ2v) is 7.19. The number of H-pyrrole nitrogens is 1. The Labute approximate surface area is 190 Å². The predicted molar refractivity (Wildman–Crippen MR) is 113 cm³/mol. The zero-order chi connectivity index (χ0) is 24.3. The Morgan fingerprint density at radius 3 is 2.85 bits per heavy atom. The molecule has 4 rings (SSSR count). The van der Waals surface area contributed by atoms with Gasteiger partial charge in [-0.3, -0.25) is 4.79 Å². The molecule has 4 aromatic rings. The fraction of sp³-hybridized carbons (Fsp3) is 0.227. The van der Waals surface area contributed by atoms with E-state index >= 15 is 0 Å². The molecule has 0 unspecified atom stereocenters. The fourth-order valence-electron chi connectivity index (χ4n) is 3.01. The van der Waals surface area contributed by atoms with Crippen LogP contribution in [0.2, 0.25) is 0 Å². The molecule has 0 radical (unpaired) electrons. The maximum atomic E-state index is 12.9. The standard InChI is InChI=1S/C22H17F3N6O3/c1-12(28-21(33)18-9-14(26-11-27-18)4-2-3-7-32)19-10-17(31-34-19)20-29-15-6-5-13(22(23,24)25)8-16(15)30-20/h5-6,8-12,32H,3,7H2,1H3,(H,28,33)(H,29,30)/t12-/m0/s1. The first kappa shape index (κ1) is 22.9. The van der Waals surface area contributed by atoms with Gasteiger partial charge in [0, 0.05) is 18.6 Å². The molecule has 0 aliphatic heterocycles. The summed E-state index contributed by atoms with van der Waals surface area (Å²) in [4.78, 5) is 27.5. The lowest BCUT2D eigenvalue weighted by Gasteiger charge is -2.09. The van der Waals surface area contributed by atoms with E-state index in [0.29, 0.717) is 17.0 Å². The molecule has 0 saturated carbocycles. The van der Waals surface area contributed by atoms with Gasteiger partial charge in [-0.15, -0.1) is 0 Å². The molecule has 1 amide bonds. The first-order valence-corrected chi connectivity index (χ1v) is 10.0. The van der Waals surface area contributed by atoms with Crippen LogP contribution in [0.1, 0.15) is 46.9 Å². The highest BCUT2D eigenvalue weighted by Gasteiger charge is 2.31. The molecule has 0 spiro atoms. The number of rotatable bonds is 5. The normalized spacial score (nSPS) is 12.3. The Balaban J connectivity index is 1.48. The van der Waals surface area contributed by atoms with Crippen LogP contribution in [-0.2, 0) is 6.18 Å². The number of carbonyl (C=O) groups excluding carboxylic acids is 1. The number of benzene rings is 1. The van der Waals surface area contributed by atoms with Gasteiger partial charge in [0.1, 0.15) is 23.4 Å². The third kappa shape index (κ3) is 5.05. The van der Waals surface area contributed by atoms with Crippen molar-refractivity contribution in [1.82, 2.24) is 30.4 Å². The second-order valence-electron chi connectivity index (χ2n) is 7.19. The summed E-state index contributed by atoms with van der Waals surface area (Å²) in [6, 6.07) is 5.54. The van der Waals surface area contributed by atoms with Gasteiger partial charge in [-0.25, -0.2) is 15.0 Å². The molecular formula is C22H17F3N6O3. The number of aromatic nitrogens is 5. The van der Waals surface area contributed by atoms with Crippen molar-refractivity contribution in [2.45, 2.75) is 25.6 Å². The summed E-state index contributed by atoms with van der Waals surface area (Å²) in [5, 5.41) is 15.4. The van der Waals surface area contributed by atoms with E-state index in [1.54, 1.807) is 6.92 Å². The predicted octanol–water partition coefficient (Wildman–Crippen LogP) is 3.25. The van der Waals surface area contributed by atoms with Gasteiger partial charge in [0.25, 0.3) is 5.91 Å². The number of aliphatic hydroxyl groups is 1. The number of nitrogens with zero attached hydrogens (tertiary/aromatic N) is 4. The van der Waals surface area contributed by atoms with E-state index in [2.05, 4.69) is 42.3 Å². The van der Waals surface area contributed by atoms with Crippen LogP contribution in [0.15, 0.2) is 41.2 Å². The minimum atomic E-state index is -4.47. The Bertz CT molecular complexity index is 1400. The summed E-state index contributed by atoms with van der Waals surface area (Å²) in [7, 11) is 0. The highest BCUT2D eigenvalue weighted by Crippen LogP contribution is 2.31. The number of alkyl halides is 3. The molecule has 0 bridgehead atoms. The van der Waals surface area contributed by atoms with Crippen molar-refractivity contribution >= 4 is 16.9 Å². The number of amides is 1. The highest BCUT2D eigenvalue weighted by atomic mass is 19.4. The van der Waals surface area contributed by atoms with E-state index < -0.39 is 23.7 Å². The Kier molecular flexibility index (Phi) is 6.29. The van der Waals surface area contributed by atoms with Crippen molar-refractivity contribution in [1.29, 1.82) is 0 Å².